The molecule has 1 fully saturated rings. The molecule has 2 rings (SSSR count). The first-order valence-electron chi connectivity index (χ1n) is 8.38. The van der Waals surface area contributed by atoms with E-state index in [1.807, 2.05) is 25.1 Å². The van der Waals surface area contributed by atoms with Gasteiger partial charge < -0.3 is 20.5 Å². The first-order chi connectivity index (χ1) is 11.1. The second-order valence-electron chi connectivity index (χ2n) is 6.30. The molecule has 1 aliphatic rings. The first kappa shape index (κ1) is 17.8. The molecule has 5 nitrogen and oxygen atoms in total. The minimum Gasteiger partial charge on any atom is -0.489 e. The maximum atomic E-state index is 12.3. The average molecular weight is 320 g/mol. The fourth-order valence-corrected chi connectivity index (χ4v) is 3.02. The maximum Gasteiger partial charge on any atom is 0.224 e. The highest BCUT2D eigenvalue weighted by Gasteiger charge is 2.24. The van der Waals surface area contributed by atoms with E-state index in [2.05, 4.69) is 5.32 Å². The van der Waals surface area contributed by atoms with Gasteiger partial charge in [0.1, 0.15) is 12.4 Å². The van der Waals surface area contributed by atoms with Crippen molar-refractivity contribution in [3.05, 3.63) is 23.8 Å². The van der Waals surface area contributed by atoms with Crippen LogP contribution >= 0.6 is 0 Å². The van der Waals surface area contributed by atoms with Crippen LogP contribution in [0.4, 0.5) is 5.69 Å². The first-order valence-corrected chi connectivity index (χ1v) is 8.38. The number of carbonyl (C=O) groups excluding carboxylic acids is 1. The number of ether oxygens (including phenoxy) is 2. The highest BCUT2D eigenvalue weighted by atomic mass is 16.5. The molecule has 1 aliphatic carbocycles. The number of amides is 1. The monoisotopic (exact) mass is 320 g/mol. The number of carbonyl (C=O) groups is 1. The number of aryl methyl sites for hydroxylation is 1. The van der Waals surface area contributed by atoms with Gasteiger partial charge in [0.15, 0.2) is 0 Å². The molecule has 2 unspecified atom stereocenters. The Labute approximate surface area is 138 Å². The molecule has 0 bridgehead atoms. The van der Waals surface area contributed by atoms with E-state index in [-0.39, 0.29) is 17.9 Å². The van der Waals surface area contributed by atoms with Crippen LogP contribution in [0.5, 0.6) is 5.75 Å². The second kappa shape index (κ2) is 8.89. The van der Waals surface area contributed by atoms with E-state index in [4.69, 9.17) is 15.2 Å². The van der Waals surface area contributed by atoms with Gasteiger partial charge in [-0.1, -0.05) is 18.9 Å². The molecule has 2 atom stereocenters. The number of hydrogen-bond acceptors (Lipinski definition) is 4. The summed E-state index contributed by atoms with van der Waals surface area (Å²) in [5.74, 6) is 0.975. The molecule has 128 valence electrons. The molecule has 1 aromatic rings. The van der Waals surface area contributed by atoms with Crippen molar-refractivity contribution in [2.75, 3.05) is 25.6 Å². The van der Waals surface area contributed by atoms with Crippen LogP contribution in [-0.2, 0) is 9.53 Å². The number of rotatable bonds is 7. The summed E-state index contributed by atoms with van der Waals surface area (Å²) in [6.07, 6.45) is 4.89. The van der Waals surface area contributed by atoms with Gasteiger partial charge in [-0.25, -0.2) is 0 Å². The van der Waals surface area contributed by atoms with Gasteiger partial charge in [0, 0.05) is 19.6 Å². The van der Waals surface area contributed by atoms with Crippen molar-refractivity contribution < 1.29 is 14.3 Å². The van der Waals surface area contributed by atoms with E-state index in [0.29, 0.717) is 31.1 Å². The summed E-state index contributed by atoms with van der Waals surface area (Å²) in [5.41, 5.74) is 7.93. The highest BCUT2D eigenvalue weighted by molar-refractivity contribution is 5.92. The third-order valence-electron chi connectivity index (χ3n) is 4.37. The number of nitrogens with two attached hydrogens (primary N) is 1. The lowest BCUT2D eigenvalue weighted by Crippen LogP contribution is -2.35. The van der Waals surface area contributed by atoms with Crippen molar-refractivity contribution in [3.8, 4) is 5.75 Å². The second-order valence-corrected chi connectivity index (χ2v) is 6.30. The number of benzene rings is 1. The van der Waals surface area contributed by atoms with Gasteiger partial charge >= 0.3 is 0 Å². The standard InChI is InChI=1S/C18H28N2O3/c1-13-7-8-16(17(11-13)23-10-9-22-2)20-18(21)12-14-5-3-4-6-15(14)19/h7-8,11,14-15H,3-6,9-10,12,19H2,1-2H3,(H,20,21). The Morgan fingerprint density at radius 3 is 2.83 bits per heavy atom. The van der Waals surface area contributed by atoms with Crippen LogP contribution in [-0.4, -0.2) is 32.3 Å². The van der Waals surface area contributed by atoms with E-state index in [0.717, 1.165) is 18.4 Å². The minimum absolute atomic E-state index is 0.00722. The Kier molecular flexibility index (Phi) is 6.86. The highest BCUT2D eigenvalue weighted by Crippen LogP contribution is 2.28. The molecule has 0 aromatic heterocycles. The zero-order chi connectivity index (χ0) is 16.7. The van der Waals surface area contributed by atoms with Gasteiger partial charge in [-0.05, 0) is 43.4 Å². The molecule has 23 heavy (non-hydrogen) atoms. The number of hydrogen-bond donors (Lipinski definition) is 2. The predicted octanol–water partition coefficient (Wildman–Crippen LogP) is 2.87. The summed E-state index contributed by atoms with van der Waals surface area (Å²) in [6.45, 7) is 2.96. The summed E-state index contributed by atoms with van der Waals surface area (Å²) in [7, 11) is 1.63. The van der Waals surface area contributed by atoms with Crippen molar-refractivity contribution in [2.45, 2.75) is 45.1 Å². The van der Waals surface area contributed by atoms with Gasteiger partial charge in [-0.3, -0.25) is 4.79 Å². The number of anilines is 1. The topological polar surface area (TPSA) is 73.6 Å². The van der Waals surface area contributed by atoms with Crippen molar-refractivity contribution >= 4 is 11.6 Å². The molecule has 1 amide bonds. The van der Waals surface area contributed by atoms with Crippen molar-refractivity contribution in [1.82, 2.24) is 0 Å². The molecule has 5 heteroatoms. The molecule has 3 N–H and O–H groups in total. The Balaban J connectivity index is 1.96. The van der Waals surface area contributed by atoms with Crippen LogP contribution in [0.1, 0.15) is 37.7 Å². The van der Waals surface area contributed by atoms with Crippen LogP contribution < -0.4 is 15.8 Å². The Bertz CT molecular complexity index is 519. The molecule has 0 radical (unpaired) electrons. The number of nitrogens with one attached hydrogen (secondary N) is 1. The molecule has 0 heterocycles. The zero-order valence-electron chi connectivity index (χ0n) is 14.1. The van der Waals surface area contributed by atoms with E-state index >= 15 is 0 Å². The number of methoxy groups -OCH3 is 1. The molecular weight excluding hydrogens is 292 g/mol. The summed E-state index contributed by atoms with van der Waals surface area (Å²) in [5, 5.41) is 2.97. The Hall–Kier alpha value is -1.59. The predicted molar refractivity (Wildman–Crippen MR) is 91.7 cm³/mol. The van der Waals surface area contributed by atoms with E-state index in [1.54, 1.807) is 7.11 Å². The van der Waals surface area contributed by atoms with Crippen molar-refractivity contribution in [2.24, 2.45) is 11.7 Å². The van der Waals surface area contributed by atoms with Gasteiger partial charge in [-0.15, -0.1) is 0 Å². The maximum absolute atomic E-state index is 12.3. The molecule has 1 saturated carbocycles. The lowest BCUT2D eigenvalue weighted by atomic mass is 9.83. The molecule has 0 saturated heterocycles. The van der Waals surface area contributed by atoms with Crippen LogP contribution in [0.15, 0.2) is 18.2 Å². The van der Waals surface area contributed by atoms with E-state index < -0.39 is 0 Å². The fourth-order valence-electron chi connectivity index (χ4n) is 3.02. The van der Waals surface area contributed by atoms with Gasteiger partial charge in [0.25, 0.3) is 0 Å². The fraction of sp³-hybridized carbons (Fsp3) is 0.611. The molecular formula is C18H28N2O3. The minimum atomic E-state index is 0.00722. The van der Waals surface area contributed by atoms with E-state index in [1.165, 1.54) is 12.8 Å². The quantitative estimate of drug-likeness (QED) is 0.758. The zero-order valence-corrected chi connectivity index (χ0v) is 14.1. The lowest BCUT2D eigenvalue weighted by molar-refractivity contribution is -0.117. The Morgan fingerprint density at radius 2 is 2.09 bits per heavy atom. The third kappa shape index (κ3) is 5.52. The average Bonchev–Trinajstić information content (AvgIpc) is 2.52. The molecule has 1 aromatic carbocycles. The Morgan fingerprint density at radius 1 is 1.30 bits per heavy atom. The lowest BCUT2D eigenvalue weighted by Gasteiger charge is -2.28. The van der Waals surface area contributed by atoms with Gasteiger partial charge in [-0.2, -0.15) is 0 Å². The summed E-state index contributed by atoms with van der Waals surface area (Å²) in [4.78, 5) is 12.3. The van der Waals surface area contributed by atoms with Crippen LogP contribution in [0.3, 0.4) is 0 Å². The largest absolute Gasteiger partial charge is 0.489 e. The summed E-state index contributed by atoms with van der Waals surface area (Å²) in [6, 6.07) is 5.92. The van der Waals surface area contributed by atoms with Gasteiger partial charge in [0.2, 0.25) is 5.91 Å². The molecule has 0 aliphatic heterocycles. The smallest absolute Gasteiger partial charge is 0.224 e. The van der Waals surface area contributed by atoms with E-state index in [9.17, 15) is 4.79 Å². The van der Waals surface area contributed by atoms with Crippen LogP contribution in [0.2, 0.25) is 0 Å². The van der Waals surface area contributed by atoms with Crippen molar-refractivity contribution in [1.29, 1.82) is 0 Å². The van der Waals surface area contributed by atoms with Crippen LogP contribution in [0, 0.1) is 12.8 Å². The summed E-state index contributed by atoms with van der Waals surface area (Å²) >= 11 is 0. The summed E-state index contributed by atoms with van der Waals surface area (Å²) < 4.78 is 10.7. The van der Waals surface area contributed by atoms with Crippen molar-refractivity contribution in [3.63, 3.8) is 0 Å². The van der Waals surface area contributed by atoms with Crippen LogP contribution in [0.25, 0.3) is 0 Å². The SMILES string of the molecule is COCCOc1cc(C)ccc1NC(=O)CC1CCCCC1N. The normalized spacial score (nSPS) is 21.0. The molecule has 0 spiro atoms. The van der Waals surface area contributed by atoms with Gasteiger partial charge in [0.05, 0.1) is 12.3 Å². The third-order valence-corrected chi connectivity index (χ3v) is 4.37.